The molecule has 4 N–H and O–H groups in total. The molecule has 0 aliphatic rings. The van der Waals surface area contributed by atoms with Crippen LogP contribution in [0.5, 0.6) is 0 Å². The summed E-state index contributed by atoms with van der Waals surface area (Å²) in [5.41, 5.74) is 8.86. The summed E-state index contributed by atoms with van der Waals surface area (Å²) < 4.78 is 0. The van der Waals surface area contributed by atoms with Gasteiger partial charge in [-0.15, -0.1) is 0 Å². The van der Waals surface area contributed by atoms with Crippen molar-refractivity contribution < 1.29 is 9.90 Å². The Morgan fingerprint density at radius 2 is 2.31 bits per heavy atom. The minimum Gasteiger partial charge on any atom is -0.481 e. The van der Waals surface area contributed by atoms with E-state index in [4.69, 9.17) is 10.8 Å². The predicted octanol–water partition coefficient (Wildman–Crippen LogP) is 1.95. The summed E-state index contributed by atoms with van der Waals surface area (Å²) in [6.45, 7) is 2.01. The average Bonchev–Trinajstić information content (AvgIpc) is 2.59. The molecule has 0 saturated carbocycles. The van der Waals surface area contributed by atoms with Gasteiger partial charge in [0.15, 0.2) is 0 Å². The van der Waals surface area contributed by atoms with E-state index in [-0.39, 0.29) is 6.42 Å². The smallest absolute Gasteiger partial charge is 0.305 e. The van der Waals surface area contributed by atoms with Crippen LogP contribution in [0.15, 0.2) is 24.4 Å². The third-order valence-electron chi connectivity index (χ3n) is 2.66. The van der Waals surface area contributed by atoms with Crippen molar-refractivity contribution in [1.82, 2.24) is 4.98 Å². The second kappa shape index (κ2) is 3.98. The molecule has 0 radical (unpaired) electrons. The molecule has 1 aromatic heterocycles. The molecule has 2 aromatic rings. The van der Waals surface area contributed by atoms with Crippen molar-refractivity contribution in [2.24, 2.45) is 5.73 Å². The number of aromatic nitrogens is 1. The van der Waals surface area contributed by atoms with Crippen molar-refractivity contribution in [2.45, 2.75) is 19.4 Å². The minimum absolute atomic E-state index is 0.0547. The molecule has 0 aliphatic heterocycles. The maximum atomic E-state index is 10.6. The first-order valence-electron chi connectivity index (χ1n) is 5.13. The monoisotopic (exact) mass is 218 g/mol. The number of H-pyrrole nitrogens is 1. The molecule has 0 aliphatic carbocycles. The summed E-state index contributed by atoms with van der Waals surface area (Å²) in [6.07, 6.45) is 1.73. The van der Waals surface area contributed by atoms with Crippen LogP contribution in [-0.2, 0) is 4.79 Å². The number of benzene rings is 1. The average molecular weight is 218 g/mol. The van der Waals surface area contributed by atoms with Crippen LogP contribution in [-0.4, -0.2) is 16.1 Å². The van der Waals surface area contributed by atoms with Crippen LogP contribution in [0, 0.1) is 6.92 Å². The van der Waals surface area contributed by atoms with E-state index >= 15 is 0 Å². The Hall–Kier alpha value is -1.81. The van der Waals surface area contributed by atoms with Crippen LogP contribution >= 0.6 is 0 Å². The number of hydrogen-bond acceptors (Lipinski definition) is 2. The van der Waals surface area contributed by atoms with Gasteiger partial charge in [-0.1, -0.05) is 12.1 Å². The molecule has 0 fully saturated rings. The van der Waals surface area contributed by atoms with Gasteiger partial charge in [0.1, 0.15) is 0 Å². The number of carboxylic acid groups (broad SMARTS) is 1. The van der Waals surface area contributed by atoms with Gasteiger partial charge in [-0.3, -0.25) is 4.79 Å². The number of nitrogens with one attached hydrogen (secondary N) is 1. The Balaban J connectivity index is 2.41. The Kier molecular flexibility index (Phi) is 2.66. The number of nitrogens with two attached hydrogens (primary N) is 1. The van der Waals surface area contributed by atoms with Crippen LogP contribution in [0.2, 0.25) is 0 Å². The number of hydrogen-bond donors (Lipinski definition) is 3. The highest BCUT2D eigenvalue weighted by atomic mass is 16.4. The van der Waals surface area contributed by atoms with Gasteiger partial charge in [-0.25, -0.2) is 0 Å². The summed E-state index contributed by atoms with van der Waals surface area (Å²) in [7, 11) is 0. The first-order valence-corrected chi connectivity index (χ1v) is 5.13. The zero-order chi connectivity index (χ0) is 11.7. The number of carboxylic acids is 1. The topological polar surface area (TPSA) is 79.1 Å². The van der Waals surface area contributed by atoms with Gasteiger partial charge in [0.05, 0.1) is 6.42 Å². The fourth-order valence-corrected chi connectivity index (χ4v) is 1.87. The zero-order valence-corrected chi connectivity index (χ0v) is 9.03. The quantitative estimate of drug-likeness (QED) is 0.736. The minimum atomic E-state index is -0.881. The van der Waals surface area contributed by atoms with Crippen molar-refractivity contribution in [2.75, 3.05) is 0 Å². The Morgan fingerprint density at radius 1 is 1.56 bits per heavy atom. The number of aromatic amines is 1. The van der Waals surface area contributed by atoms with E-state index in [1.54, 1.807) is 6.20 Å². The van der Waals surface area contributed by atoms with E-state index in [2.05, 4.69) is 4.98 Å². The summed E-state index contributed by atoms with van der Waals surface area (Å²) in [6, 6.07) is 5.52. The summed E-state index contributed by atoms with van der Waals surface area (Å²) in [4.78, 5) is 13.7. The molecule has 0 amide bonds. The number of aliphatic carboxylic acids is 1. The van der Waals surface area contributed by atoms with E-state index in [1.165, 1.54) is 0 Å². The fraction of sp³-hybridized carbons (Fsp3) is 0.250. The standard InChI is InChI=1S/C12H14N2O2/c1-7-2-3-8-9(6-14-11(8)4-7)10(13)5-12(15)16/h2-4,6,10,14H,5,13H2,1H3,(H,15,16). The van der Waals surface area contributed by atoms with Crippen molar-refractivity contribution in [3.8, 4) is 0 Å². The highest BCUT2D eigenvalue weighted by molar-refractivity contribution is 5.84. The molecule has 4 heteroatoms. The number of aryl methyl sites for hydroxylation is 1. The van der Waals surface area contributed by atoms with Gasteiger partial charge in [0.25, 0.3) is 0 Å². The van der Waals surface area contributed by atoms with E-state index in [0.29, 0.717) is 0 Å². The van der Waals surface area contributed by atoms with Crippen molar-refractivity contribution in [3.63, 3.8) is 0 Å². The van der Waals surface area contributed by atoms with Crippen LogP contribution in [0.1, 0.15) is 23.6 Å². The molecule has 1 heterocycles. The highest BCUT2D eigenvalue weighted by Crippen LogP contribution is 2.25. The molecule has 4 nitrogen and oxygen atoms in total. The molecular formula is C12H14N2O2. The lowest BCUT2D eigenvalue weighted by Gasteiger charge is -2.07. The third kappa shape index (κ3) is 1.92. The Morgan fingerprint density at radius 3 is 3.00 bits per heavy atom. The van der Waals surface area contributed by atoms with Gasteiger partial charge in [0, 0.05) is 23.1 Å². The molecule has 0 bridgehead atoms. The van der Waals surface area contributed by atoms with Crippen molar-refractivity contribution in [1.29, 1.82) is 0 Å². The van der Waals surface area contributed by atoms with Gasteiger partial charge in [-0.05, 0) is 24.1 Å². The van der Waals surface area contributed by atoms with E-state index in [9.17, 15) is 4.79 Å². The van der Waals surface area contributed by atoms with E-state index in [1.807, 2.05) is 25.1 Å². The number of fused-ring (bicyclic) bond motifs is 1. The Bertz CT molecular complexity index is 531. The van der Waals surface area contributed by atoms with Crippen LogP contribution < -0.4 is 5.73 Å². The molecule has 16 heavy (non-hydrogen) atoms. The van der Waals surface area contributed by atoms with Crippen LogP contribution in [0.4, 0.5) is 0 Å². The maximum Gasteiger partial charge on any atom is 0.305 e. The molecular weight excluding hydrogens is 204 g/mol. The molecule has 0 spiro atoms. The second-order valence-corrected chi connectivity index (χ2v) is 4.00. The molecule has 1 aromatic carbocycles. The molecule has 1 unspecified atom stereocenters. The number of carbonyl (C=O) groups is 1. The molecule has 2 rings (SSSR count). The van der Waals surface area contributed by atoms with Crippen molar-refractivity contribution in [3.05, 3.63) is 35.5 Å². The van der Waals surface area contributed by atoms with Gasteiger partial charge in [-0.2, -0.15) is 0 Å². The van der Waals surface area contributed by atoms with Gasteiger partial charge in [0.2, 0.25) is 0 Å². The summed E-state index contributed by atoms with van der Waals surface area (Å²) >= 11 is 0. The highest BCUT2D eigenvalue weighted by Gasteiger charge is 2.14. The third-order valence-corrected chi connectivity index (χ3v) is 2.66. The van der Waals surface area contributed by atoms with Gasteiger partial charge >= 0.3 is 5.97 Å². The summed E-state index contributed by atoms with van der Waals surface area (Å²) in [5, 5.41) is 9.71. The van der Waals surface area contributed by atoms with E-state index in [0.717, 1.165) is 22.0 Å². The lowest BCUT2D eigenvalue weighted by Crippen LogP contribution is -2.14. The lowest BCUT2D eigenvalue weighted by molar-refractivity contribution is -0.137. The van der Waals surface area contributed by atoms with Gasteiger partial charge < -0.3 is 15.8 Å². The predicted molar refractivity (Wildman–Crippen MR) is 62.2 cm³/mol. The normalized spacial score (nSPS) is 12.9. The second-order valence-electron chi connectivity index (χ2n) is 4.00. The number of rotatable bonds is 3. The molecule has 0 saturated heterocycles. The largest absolute Gasteiger partial charge is 0.481 e. The van der Waals surface area contributed by atoms with E-state index < -0.39 is 12.0 Å². The first kappa shape index (κ1) is 10.7. The van der Waals surface area contributed by atoms with Crippen LogP contribution in [0.25, 0.3) is 10.9 Å². The zero-order valence-electron chi connectivity index (χ0n) is 9.03. The fourth-order valence-electron chi connectivity index (χ4n) is 1.87. The maximum absolute atomic E-state index is 10.6. The summed E-state index contributed by atoms with van der Waals surface area (Å²) in [5.74, 6) is -0.881. The Labute approximate surface area is 93.1 Å². The van der Waals surface area contributed by atoms with Crippen LogP contribution in [0.3, 0.4) is 0 Å². The van der Waals surface area contributed by atoms with Crippen molar-refractivity contribution >= 4 is 16.9 Å². The first-order chi connectivity index (χ1) is 7.58. The lowest BCUT2D eigenvalue weighted by atomic mass is 10.0. The molecule has 1 atom stereocenters. The molecule has 84 valence electrons. The SMILES string of the molecule is Cc1ccc2c(C(N)CC(=O)O)c[nH]c2c1.